The molecule has 14 heavy (non-hydrogen) atoms. The molecule has 72 valence electrons. The van der Waals surface area contributed by atoms with Gasteiger partial charge in [-0.2, -0.15) is 5.10 Å². The van der Waals surface area contributed by atoms with Gasteiger partial charge in [0.1, 0.15) is 4.88 Å². The van der Waals surface area contributed by atoms with E-state index < -0.39 is 5.97 Å². The Balaban J connectivity index is 2.38. The molecule has 0 aliphatic rings. The molecule has 2 heterocycles. The number of halogens is 1. The highest BCUT2D eigenvalue weighted by Gasteiger charge is 2.08. The zero-order valence-electron chi connectivity index (χ0n) is 6.85. The molecule has 0 aromatic carbocycles. The molecule has 4 nitrogen and oxygen atoms in total. The predicted molar refractivity (Wildman–Crippen MR) is 53.4 cm³/mol. The van der Waals surface area contributed by atoms with Crippen molar-refractivity contribution < 1.29 is 9.90 Å². The van der Waals surface area contributed by atoms with Crippen LogP contribution in [0.5, 0.6) is 0 Å². The minimum absolute atomic E-state index is 0.284. The van der Waals surface area contributed by atoms with Gasteiger partial charge in [-0.25, -0.2) is 9.48 Å². The molecule has 2 aromatic rings. The van der Waals surface area contributed by atoms with Crippen LogP contribution in [0.2, 0.25) is 5.02 Å². The monoisotopic (exact) mass is 228 g/mol. The first-order valence-corrected chi connectivity index (χ1v) is 4.95. The van der Waals surface area contributed by atoms with E-state index in [0.717, 1.165) is 11.3 Å². The number of rotatable bonds is 2. The van der Waals surface area contributed by atoms with E-state index in [1.54, 1.807) is 17.6 Å². The Hall–Kier alpha value is -1.33. The van der Waals surface area contributed by atoms with Crippen LogP contribution in [0.1, 0.15) is 9.67 Å². The molecule has 0 bridgehead atoms. The maximum Gasteiger partial charge on any atom is 0.345 e. The van der Waals surface area contributed by atoms with Gasteiger partial charge in [-0.15, -0.1) is 11.3 Å². The van der Waals surface area contributed by atoms with E-state index in [-0.39, 0.29) is 4.88 Å². The van der Waals surface area contributed by atoms with Crippen molar-refractivity contribution in [3.8, 4) is 5.69 Å². The number of carboxylic acid groups (broad SMARTS) is 1. The van der Waals surface area contributed by atoms with Gasteiger partial charge < -0.3 is 5.11 Å². The second-order valence-corrected chi connectivity index (χ2v) is 3.93. The van der Waals surface area contributed by atoms with Crippen molar-refractivity contribution in [2.24, 2.45) is 0 Å². The molecule has 0 unspecified atom stereocenters. The van der Waals surface area contributed by atoms with Crippen LogP contribution in [0.15, 0.2) is 23.8 Å². The number of carbonyl (C=O) groups is 1. The molecule has 2 aromatic heterocycles. The molecular weight excluding hydrogens is 224 g/mol. The number of carboxylic acids is 1. The number of thiophene rings is 1. The Bertz CT molecular complexity index is 477. The highest BCUT2D eigenvalue weighted by atomic mass is 35.5. The largest absolute Gasteiger partial charge is 0.477 e. The Morgan fingerprint density at radius 2 is 2.43 bits per heavy atom. The van der Waals surface area contributed by atoms with Gasteiger partial charge in [0.2, 0.25) is 0 Å². The van der Waals surface area contributed by atoms with Crippen molar-refractivity contribution >= 4 is 28.9 Å². The van der Waals surface area contributed by atoms with Crippen LogP contribution in [-0.2, 0) is 0 Å². The molecule has 0 radical (unpaired) electrons. The fourth-order valence-corrected chi connectivity index (χ4v) is 1.85. The number of nitrogens with zero attached hydrogens (tertiary/aromatic N) is 2. The summed E-state index contributed by atoms with van der Waals surface area (Å²) in [7, 11) is 0. The molecule has 0 aliphatic heterocycles. The van der Waals surface area contributed by atoms with Crippen molar-refractivity contribution in [2.75, 3.05) is 0 Å². The second-order valence-electron chi connectivity index (χ2n) is 2.58. The lowest BCUT2D eigenvalue weighted by Crippen LogP contribution is -1.93. The lowest BCUT2D eigenvalue weighted by atomic mass is 10.4. The molecular formula is C8H5ClN2O2S. The highest BCUT2D eigenvalue weighted by molar-refractivity contribution is 7.12. The number of hydrogen-bond acceptors (Lipinski definition) is 3. The van der Waals surface area contributed by atoms with Gasteiger partial charge in [0, 0.05) is 11.6 Å². The lowest BCUT2D eigenvalue weighted by molar-refractivity contribution is 0.0702. The zero-order chi connectivity index (χ0) is 10.1. The molecule has 6 heteroatoms. The minimum atomic E-state index is -0.931. The van der Waals surface area contributed by atoms with E-state index >= 15 is 0 Å². The van der Waals surface area contributed by atoms with Gasteiger partial charge >= 0.3 is 5.97 Å². The average molecular weight is 229 g/mol. The Morgan fingerprint density at radius 1 is 1.64 bits per heavy atom. The number of aromatic nitrogens is 2. The van der Waals surface area contributed by atoms with Crippen LogP contribution in [0.25, 0.3) is 5.69 Å². The fraction of sp³-hybridized carbons (Fsp3) is 0. The van der Waals surface area contributed by atoms with Gasteiger partial charge in [-0.3, -0.25) is 0 Å². The highest BCUT2D eigenvalue weighted by Crippen LogP contribution is 2.19. The summed E-state index contributed by atoms with van der Waals surface area (Å²) in [5.41, 5.74) is 0.708. The average Bonchev–Trinajstić information content (AvgIpc) is 2.70. The third-order valence-electron chi connectivity index (χ3n) is 1.61. The Kier molecular flexibility index (Phi) is 2.26. The Labute approximate surface area is 88.4 Å². The molecule has 1 N–H and O–H groups in total. The number of aromatic carboxylic acids is 1. The SMILES string of the molecule is O=C(O)c1cc(-n2cc(Cl)cn2)cs1. The van der Waals surface area contributed by atoms with E-state index in [4.69, 9.17) is 16.7 Å². The van der Waals surface area contributed by atoms with Crippen molar-refractivity contribution in [2.45, 2.75) is 0 Å². The van der Waals surface area contributed by atoms with Gasteiger partial charge in [0.05, 0.1) is 16.9 Å². The predicted octanol–water partition coefficient (Wildman–Crippen LogP) is 2.29. The standard InChI is InChI=1S/C8H5ClN2O2S/c9-5-2-10-11(3-5)6-1-7(8(12)13)14-4-6/h1-4H,(H,12,13). The summed E-state index contributed by atoms with van der Waals surface area (Å²) in [6, 6.07) is 1.55. The van der Waals surface area contributed by atoms with Crippen LogP contribution >= 0.6 is 22.9 Å². The molecule has 2 rings (SSSR count). The smallest absolute Gasteiger partial charge is 0.345 e. The van der Waals surface area contributed by atoms with Crippen molar-refractivity contribution in [3.63, 3.8) is 0 Å². The van der Waals surface area contributed by atoms with Crippen molar-refractivity contribution in [1.82, 2.24) is 9.78 Å². The zero-order valence-corrected chi connectivity index (χ0v) is 8.42. The van der Waals surface area contributed by atoms with Crippen LogP contribution in [0, 0.1) is 0 Å². The van der Waals surface area contributed by atoms with Crippen LogP contribution in [0.4, 0.5) is 0 Å². The van der Waals surface area contributed by atoms with Gasteiger partial charge in [0.15, 0.2) is 0 Å². The first kappa shape index (κ1) is 9.23. The summed E-state index contributed by atoms with van der Waals surface area (Å²) in [5, 5.41) is 14.9. The summed E-state index contributed by atoms with van der Waals surface area (Å²) in [5.74, 6) is -0.931. The van der Waals surface area contributed by atoms with E-state index in [2.05, 4.69) is 5.10 Å². The summed E-state index contributed by atoms with van der Waals surface area (Å²) in [6.07, 6.45) is 3.12. The third-order valence-corrected chi connectivity index (χ3v) is 2.71. The van der Waals surface area contributed by atoms with Crippen LogP contribution < -0.4 is 0 Å². The summed E-state index contributed by atoms with van der Waals surface area (Å²) in [4.78, 5) is 10.9. The van der Waals surface area contributed by atoms with E-state index in [0.29, 0.717) is 10.7 Å². The second kappa shape index (κ2) is 3.43. The Morgan fingerprint density at radius 3 is 2.93 bits per heavy atom. The van der Waals surface area contributed by atoms with Gasteiger partial charge in [0.25, 0.3) is 0 Å². The molecule has 0 aliphatic carbocycles. The molecule has 0 saturated carbocycles. The number of hydrogen-bond donors (Lipinski definition) is 1. The summed E-state index contributed by atoms with van der Waals surface area (Å²) in [6.45, 7) is 0. The maximum absolute atomic E-state index is 10.6. The van der Waals surface area contributed by atoms with Gasteiger partial charge in [-0.05, 0) is 6.07 Å². The molecule has 0 fully saturated rings. The van der Waals surface area contributed by atoms with Crippen LogP contribution in [-0.4, -0.2) is 20.9 Å². The quantitative estimate of drug-likeness (QED) is 0.858. The third kappa shape index (κ3) is 1.64. The van der Waals surface area contributed by atoms with E-state index in [9.17, 15) is 4.79 Å². The van der Waals surface area contributed by atoms with Crippen molar-refractivity contribution in [3.05, 3.63) is 33.7 Å². The molecule has 0 saturated heterocycles. The fourth-order valence-electron chi connectivity index (χ4n) is 1.00. The topological polar surface area (TPSA) is 55.1 Å². The van der Waals surface area contributed by atoms with E-state index in [1.807, 2.05) is 0 Å². The van der Waals surface area contributed by atoms with Gasteiger partial charge in [-0.1, -0.05) is 11.6 Å². The summed E-state index contributed by atoms with van der Waals surface area (Å²) < 4.78 is 1.53. The van der Waals surface area contributed by atoms with Crippen LogP contribution in [0.3, 0.4) is 0 Å². The first-order valence-electron chi connectivity index (χ1n) is 3.69. The molecule has 0 atom stereocenters. The van der Waals surface area contributed by atoms with Crippen molar-refractivity contribution in [1.29, 1.82) is 0 Å². The molecule has 0 spiro atoms. The van der Waals surface area contributed by atoms with E-state index in [1.165, 1.54) is 10.9 Å². The lowest BCUT2D eigenvalue weighted by Gasteiger charge is -1.92. The minimum Gasteiger partial charge on any atom is -0.477 e. The summed E-state index contributed by atoms with van der Waals surface area (Å²) >= 11 is 6.84. The molecule has 0 amide bonds. The normalized spacial score (nSPS) is 10.4. The first-order chi connectivity index (χ1) is 6.66. The maximum atomic E-state index is 10.6.